The van der Waals surface area contributed by atoms with E-state index in [2.05, 4.69) is 10.0 Å². The zero-order valence-corrected chi connectivity index (χ0v) is 12.4. The molecule has 0 aromatic carbocycles. The van der Waals surface area contributed by atoms with E-state index in [-0.39, 0.29) is 10.1 Å². The van der Waals surface area contributed by atoms with Gasteiger partial charge in [0.15, 0.2) is 0 Å². The topological polar surface area (TPSA) is 84.5 Å². The van der Waals surface area contributed by atoms with Crippen LogP contribution in [0.3, 0.4) is 0 Å². The number of nitrogens with one attached hydrogen (secondary N) is 2. The SMILES string of the molecule is O=C(NS(=O)(=O)c1cccs1)[C@@]12CCOC[C@@H]1CNC2. The summed E-state index contributed by atoms with van der Waals surface area (Å²) in [5.74, 6) is -0.376. The van der Waals surface area contributed by atoms with Gasteiger partial charge < -0.3 is 10.1 Å². The van der Waals surface area contributed by atoms with Gasteiger partial charge in [-0.05, 0) is 17.9 Å². The van der Waals surface area contributed by atoms with Crippen molar-refractivity contribution < 1.29 is 17.9 Å². The van der Waals surface area contributed by atoms with Crippen molar-refractivity contribution in [2.24, 2.45) is 11.3 Å². The van der Waals surface area contributed by atoms with Crippen molar-refractivity contribution in [3.05, 3.63) is 17.5 Å². The van der Waals surface area contributed by atoms with Crippen LogP contribution in [0.25, 0.3) is 0 Å². The number of amides is 1. The summed E-state index contributed by atoms with van der Waals surface area (Å²) in [6, 6.07) is 3.14. The minimum absolute atomic E-state index is 0.0368. The Kier molecular flexibility index (Phi) is 3.57. The molecule has 2 fully saturated rings. The lowest BCUT2D eigenvalue weighted by Crippen LogP contribution is -2.51. The molecule has 0 spiro atoms. The van der Waals surface area contributed by atoms with Crippen molar-refractivity contribution in [3.8, 4) is 0 Å². The van der Waals surface area contributed by atoms with Crippen LogP contribution in [0.1, 0.15) is 6.42 Å². The van der Waals surface area contributed by atoms with Crippen LogP contribution in [-0.2, 0) is 19.6 Å². The van der Waals surface area contributed by atoms with Gasteiger partial charge in [-0.1, -0.05) is 6.07 Å². The Bertz CT molecular complexity index is 599. The van der Waals surface area contributed by atoms with Crippen molar-refractivity contribution in [1.82, 2.24) is 10.0 Å². The first-order valence-electron chi connectivity index (χ1n) is 6.44. The average Bonchev–Trinajstić information content (AvgIpc) is 3.08. The molecule has 2 aliphatic heterocycles. The highest BCUT2D eigenvalue weighted by atomic mass is 32.2. The van der Waals surface area contributed by atoms with Gasteiger partial charge in [0, 0.05) is 25.6 Å². The lowest BCUT2D eigenvalue weighted by Gasteiger charge is -2.36. The summed E-state index contributed by atoms with van der Waals surface area (Å²) >= 11 is 1.10. The minimum Gasteiger partial charge on any atom is -0.381 e. The van der Waals surface area contributed by atoms with Crippen LogP contribution in [0.2, 0.25) is 0 Å². The second-order valence-corrected chi connectivity index (χ2v) is 8.03. The average molecular weight is 316 g/mol. The Balaban J connectivity index is 1.82. The highest BCUT2D eigenvalue weighted by Gasteiger charge is 2.51. The maximum atomic E-state index is 12.5. The molecule has 1 amide bonds. The maximum absolute atomic E-state index is 12.5. The standard InChI is InChI=1S/C12H16N2O4S2/c15-11(14-20(16,17)10-2-1-5-19-10)12-3-4-18-7-9(12)6-13-8-12/h1-2,5,9,13H,3-4,6-8H2,(H,14,15)/t9-,12+/m0/s1. The zero-order chi connectivity index (χ0) is 14.2. The predicted molar refractivity (Wildman–Crippen MR) is 73.9 cm³/mol. The summed E-state index contributed by atoms with van der Waals surface area (Å²) in [5.41, 5.74) is -0.664. The lowest BCUT2D eigenvalue weighted by atomic mass is 9.74. The molecular weight excluding hydrogens is 300 g/mol. The highest BCUT2D eigenvalue weighted by Crippen LogP contribution is 2.39. The van der Waals surface area contributed by atoms with Crippen molar-refractivity contribution in [1.29, 1.82) is 0 Å². The van der Waals surface area contributed by atoms with Crippen molar-refractivity contribution >= 4 is 27.3 Å². The Morgan fingerprint density at radius 2 is 2.40 bits per heavy atom. The third kappa shape index (κ3) is 2.26. The smallest absolute Gasteiger partial charge is 0.273 e. The Hall–Kier alpha value is -0.960. The van der Waals surface area contributed by atoms with Crippen LogP contribution in [0, 0.1) is 11.3 Å². The van der Waals surface area contributed by atoms with E-state index in [1.807, 2.05) is 0 Å². The molecule has 0 unspecified atom stereocenters. The molecule has 0 radical (unpaired) electrons. The van der Waals surface area contributed by atoms with Crippen molar-refractivity contribution in [3.63, 3.8) is 0 Å². The Morgan fingerprint density at radius 1 is 1.55 bits per heavy atom. The van der Waals surface area contributed by atoms with Gasteiger partial charge in [-0.15, -0.1) is 11.3 Å². The first-order valence-corrected chi connectivity index (χ1v) is 8.80. The second-order valence-electron chi connectivity index (χ2n) is 5.18. The summed E-state index contributed by atoms with van der Waals surface area (Å²) in [6.07, 6.45) is 0.552. The van der Waals surface area contributed by atoms with Gasteiger partial charge in [0.25, 0.3) is 10.0 Å². The van der Waals surface area contributed by atoms with Crippen LogP contribution in [0.15, 0.2) is 21.7 Å². The summed E-state index contributed by atoms with van der Waals surface area (Å²) < 4.78 is 32.1. The number of thiophene rings is 1. The molecule has 0 aliphatic carbocycles. The molecule has 2 saturated heterocycles. The molecule has 110 valence electrons. The fraction of sp³-hybridized carbons (Fsp3) is 0.583. The molecule has 0 bridgehead atoms. The monoisotopic (exact) mass is 316 g/mol. The van der Waals surface area contributed by atoms with Crippen LogP contribution in [-0.4, -0.2) is 40.6 Å². The van der Waals surface area contributed by atoms with E-state index < -0.39 is 21.3 Å². The molecule has 6 nitrogen and oxygen atoms in total. The number of rotatable bonds is 3. The molecule has 1 aromatic heterocycles. The van der Waals surface area contributed by atoms with E-state index in [9.17, 15) is 13.2 Å². The van der Waals surface area contributed by atoms with Crippen LogP contribution >= 0.6 is 11.3 Å². The summed E-state index contributed by atoms with van der Waals surface area (Å²) in [5, 5.41) is 4.85. The quantitative estimate of drug-likeness (QED) is 0.831. The number of hydrogen-bond acceptors (Lipinski definition) is 6. The number of fused-ring (bicyclic) bond motifs is 1. The Morgan fingerprint density at radius 3 is 3.15 bits per heavy atom. The third-order valence-corrected chi connectivity index (χ3v) is 6.79. The van der Waals surface area contributed by atoms with E-state index >= 15 is 0 Å². The third-order valence-electron chi connectivity index (χ3n) is 4.06. The number of ether oxygens (including phenoxy) is 1. The fourth-order valence-corrected chi connectivity index (χ4v) is 4.92. The largest absolute Gasteiger partial charge is 0.381 e. The normalized spacial score (nSPS) is 29.9. The first-order chi connectivity index (χ1) is 9.55. The van der Waals surface area contributed by atoms with E-state index in [0.29, 0.717) is 32.7 Å². The molecule has 2 aliphatic rings. The van der Waals surface area contributed by atoms with Gasteiger partial charge in [-0.3, -0.25) is 4.79 Å². The molecule has 20 heavy (non-hydrogen) atoms. The van der Waals surface area contributed by atoms with E-state index in [4.69, 9.17) is 4.74 Å². The van der Waals surface area contributed by atoms with Gasteiger partial charge in [0.05, 0.1) is 12.0 Å². The van der Waals surface area contributed by atoms with Gasteiger partial charge >= 0.3 is 0 Å². The summed E-state index contributed by atoms with van der Waals surface area (Å²) in [4.78, 5) is 12.5. The molecule has 3 rings (SSSR count). The van der Waals surface area contributed by atoms with Crippen LogP contribution in [0.5, 0.6) is 0 Å². The molecule has 2 N–H and O–H groups in total. The van der Waals surface area contributed by atoms with Gasteiger partial charge in [-0.25, -0.2) is 13.1 Å². The van der Waals surface area contributed by atoms with Crippen molar-refractivity contribution in [2.45, 2.75) is 10.6 Å². The molecule has 0 saturated carbocycles. The summed E-state index contributed by atoms with van der Waals surface area (Å²) in [7, 11) is -3.76. The molecule has 1 aromatic rings. The van der Waals surface area contributed by atoms with Gasteiger partial charge in [0.1, 0.15) is 4.21 Å². The molecule has 2 atom stereocenters. The molecule has 3 heterocycles. The summed E-state index contributed by atoms with van der Waals surface area (Å²) in [6.45, 7) is 2.18. The first kappa shape index (κ1) is 14.0. The number of sulfonamides is 1. The maximum Gasteiger partial charge on any atom is 0.273 e. The van der Waals surface area contributed by atoms with Gasteiger partial charge in [0.2, 0.25) is 5.91 Å². The van der Waals surface area contributed by atoms with E-state index in [1.165, 1.54) is 6.07 Å². The molecular formula is C12H16N2O4S2. The van der Waals surface area contributed by atoms with Crippen LogP contribution < -0.4 is 10.0 Å². The van der Waals surface area contributed by atoms with Crippen LogP contribution in [0.4, 0.5) is 0 Å². The Labute approximate surface area is 121 Å². The van der Waals surface area contributed by atoms with Crippen molar-refractivity contribution in [2.75, 3.05) is 26.3 Å². The molecule has 8 heteroatoms. The minimum atomic E-state index is -3.76. The zero-order valence-electron chi connectivity index (χ0n) is 10.8. The van der Waals surface area contributed by atoms with E-state index in [1.54, 1.807) is 11.4 Å². The predicted octanol–water partition coefficient (Wildman–Crippen LogP) is 0.179. The highest BCUT2D eigenvalue weighted by molar-refractivity contribution is 7.92. The van der Waals surface area contributed by atoms with E-state index in [0.717, 1.165) is 11.3 Å². The second kappa shape index (κ2) is 5.10. The number of carbonyl (C=O) groups is 1. The number of carbonyl (C=O) groups excluding carboxylic acids is 1. The lowest BCUT2D eigenvalue weighted by molar-refractivity contribution is -0.137. The number of hydrogen-bond donors (Lipinski definition) is 2. The van der Waals surface area contributed by atoms with Gasteiger partial charge in [-0.2, -0.15) is 0 Å². The fourth-order valence-electron chi connectivity index (χ4n) is 2.87.